The van der Waals surface area contributed by atoms with Gasteiger partial charge in [-0.2, -0.15) is 0 Å². The van der Waals surface area contributed by atoms with Crippen LogP contribution in [0.25, 0.3) is 0 Å². The number of hydrogen-bond donors (Lipinski definition) is 1. The van der Waals surface area contributed by atoms with E-state index in [9.17, 15) is 5.11 Å². The summed E-state index contributed by atoms with van der Waals surface area (Å²) in [7, 11) is 0. The molecule has 1 aromatic carbocycles. The van der Waals surface area contributed by atoms with Crippen LogP contribution in [0.2, 0.25) is 0 Å². The summed E-state index contributed by atoms with van der Waals surface area (Å²) < 4.78 is 10.5. The van der Waals surface area contributed by atoms with Crippen molar-refractivity contribution < 1.29 is 14.4 Å². The Kier molecular flexibility index (Phi) is 4.36. The number of hydrogen-bond acceptors (Lipinski definition) is 4. The zero-order valence-electron chi connectivity index (χ0n) is 10.4. The normalized spacial score (nSPS) is 12.3. The fourth-order valence-corrected chi connectivity index (χ4v) is 1.60. The van der Waals surface area contributed by atoms with Crippen molar-refractivity contribution >= 4 is 0 Å². The van der Waals surface area contributed by atoms with Crippen LogP contribution in [-0.2, 0) is 13.0 Å². The molecule has 1 aromatic heterocycles. The summed E-state index contributed by atoms with van der Waals surface area (Å²) in [5, 5.41) is 12.8. The van der Waals surface area contributed by atoms with Crippen LogP contribution in [0.4, 0.5) is 0 Å². The van der Waals surface area contributed by atoms with E-state index in [0.29, 0.717) is 12.4 Å². The molecule has 0 aliphatic rings. The van der Waals surface area contributed by atoms with Crippen molar-refractivity contribution in [3.63, 3.8) is 0 Å². The SMILES string of the molecule is CC(O)CCc1ccc(OCc2ccno2)cc1. The molecule has 0 saturated carbocycles. The van der Waals surface area contributed by atoms with Gasteiger partial charge < -0.3 is 14.4 Å². The maximum Gasteiger partial charge on any atom is 0.174 e. The van der Waals surface area contributed by atoms with E-state index >= 15 is 0 Å². The summed E-state index contributed by atoms with van der Waals surface area (Å²) in [6.45, 7) is 2.18. The van der Waals surface area contributed by atoms with Gasteiger partial charge in [-0.1, -0.05) is 17.3 Å². The lowest BCUT2D eigenvalue weighted by Crippen LogP contribution is -2.01. The fraction of sp³-hybridized carbons (Fsp3) is 0.357. The second kappa shape index (κ2) is 6.21. The predicted octanol–water partition coefficient (Wildman–Crippen LogP) is 2.57. The molecule has 0 radical (unpaired) electrons. The van der Waals surface area contributed by atoms with Crippen molar-refractivity contribution in [1.82, 2.24) is 5.16 Å². The minimum Gasteiger partial charge on any atom is -0.486 e. The van der Waals surface area contributed by atoms with Crippen molar-refractivity contribution in [1.29, 1.82) is 0 Å². The zero-order chi connectivity index (χ0) is 12.8. The lowest BCUT2D eigenvalue weighted by Gasteiger charge is -2.06. The van der Waals surface area contributed by atoms with Gasteiger partial charge in [0.25, 0.3) is 0 Å². The van der Waals surface area contributed by atoms with Gasteiger partial charge in [0, 0.05) is 6.07 Å². The van der Waals surface area contributed by atoms with E-state index in [1.807, 2.05) is 24.3 Å². The molecule has 0 fully saturated rings. The van der Waals surface area contributed by atoms with Crippen LogP contribution in [-0.4, -0.2) is 16.4 Å². The van der Waals surface area contributed by atoms with E-state index in [1.54, 1.807) is 19.2 Å². The molecule has 1 heterocycles. The second-order valence-corrected chi connectivity index (χ2v) is 4.30. The molecule has 96 valence electrons. The molecule has 2 aromatic rings. The number of aromatic nitrogens is 1. The molecule has 0 spiro atoms. The maximum absolute atomic E-state index is 9.22. The number of rotatable bonds is 6. The number of aryl methyl sites for hydroxylation is 1. The summed E-state index contributed by atoms with van der Waals surface area (Å²) in [5.74, 6) is 1.50. The fourth-order valence-electron chi connectivity index (χ4n) is 1.60. The highest BCUT2D eigenvalue weighted by Gasteiger charge is 2.01. The number of benzene rings is 1. The first-order chi connectivity index (χ1) is 8.74. The Labute approximate surface area is 106 Å². The van der Waals surface area contributed by atoms with E-state index in [0.717, 1.165) is 18.6 Å². The highest BCUT2D eigenvalue weighted by Crippen LogP contribution is 2.15. The number of aliphatic hydroxyl groups is 1. The average molecular weight is 247 g/mol. The lowest BCUT2D eigenvalue weighted by atomic mass is 10.1. The van der Waals surface area contributed by atoms with Crippen LogP contribution in [0.3, 0.4) is 0 Å². The second-order valence-electron chi connectivity index (χ2n) is 4.30. The maximum atomic E-state index is 9.22. The molecule has 18 heavy (non-hydrogen) atoms. The standard InChI is InChI=1S/C14H17NO3/c1-11(16)2-3-12-4-6-13(7-5-12)17-10-14-8-9-15-18-14/h4-9,11,16H,2-3,10H2,1H3. The van der Waals surface area contributed by atoms with Gasteiger partial charge in [-0.05, 0) is 37.5 Å². The van der Waals surface area contributed by atoms with Gasteiger partial charge in [-0.15, -0.1) is 0 Å². The Morgan fingerprint density at radius 3 is 2.67 bits per heavy atom. The topological polar surface area (TPSA) is 55.5 Å². The van der Waals surface area contributed by atoms with E-state index < -0.39 is 0 Å². The summed E-state index contributed by atoms with van der Waals surface area (Å²) >= 11 is 0. The van der Waals surface area contributed by atoms with Gasteiger partial charge in [-0.25, -0.2) is 0 Å². The molecular formula is C14H17NO3. The average Bonchev–Trinajstić information content (AvgIpc) is 2.88. The van der Waals surface area contributed by atoms with E-state index in [4.69, 9.17) is 9.26 Å². The molecule has 0 amide bonds. The van der Waals surface area contributed by atoms with Crippen molar-refractivity contribution in [2.75, 3.05) is 0 Å². The molecule has 0 aliphatic heterocycles. The molecule has 1 unspecified atom stereocenters. The number of aliphatic hydroxyl groups excluding tert-OH is 1. The molecule has 1 N–H and O–H groups in total. The predicted molar refractivity (Wildman–Crippen MR) is 67.3 cm³/mol. The van der Waals surface area contributed by atoms with Crippen LogP contribution in [0.15, 0.2) is 41.1 Å². The Bertz CT molecular complexity index is 448. The molecule has 2 rings (SSSR count). The van der Waals surface area contributed by atoms with Crippen LogP contribution in [0.1, 0.15) is 24.7 Å². The minimum atomic E-state index is -0.257. The third kappa shape index (κ3) is 3.89. The van der Waals surface area contributed by atoms with Crippen molar-refractivity contribution in [3.8, 4) is 5.75 Å². The van der Waals surface area contributed by atoms with Gasteiger partial charge in [0.1, 0.15) is 12.4 Å². The van der Waals surface area contributed by atoms with Gasteiger partial charge in [0.15, 0.2) is 5.76 Å². The molecule has 1 atom stereocenters. The van der Waals surface area contributed by atoms with Crippen molar-refractivity contribution in [2.45, 2.75) is 32.5 Å². The van der Waals surface area contributed by atoms with E-state index in [2.05, 4.69) is 5.16 Å². The van der Waals surface area contributed by atoms with Crippen LogP contribution in [0, 0.1) is 0 Å². The molecule has 4 nitrogen and oxygen atoms in total. The van der Waals surface area contributed by atoms with Crippen molar-refractivity contribution in [3.05, 3.63) is 47.9 Å². The first-order valence-electron chi connectivity index (χ1n) is 6.03. The van der Waals surface area contributed by atoms with Crippen LogP contribution >= 0.6 is 0 Å². The quantitative estimate of drug-likeness (QED) is 0.852. The minimum absolute atomic E-state index is 0.257. The first kappa shape index (κ1) is 12.6. The number of ether oxygens (including phenoxy) is 1. The van der Waals surface area contributed by atoms with Gasteiger partial charge in [-0.3, -0.25) is 0 Å². The Morgan fingerprint density at radius 2 is 2.06 bits per heavy atom. The van der Waals surface area contributed by atoms with Crippen LogP contribution in [0.5, 0.6) is 5.75 Å². The summed E-state index contributed by atoms with van der Waals surface area (Å²) in [4.78, 5) is 0. The molecule has 0 aliphatic carbocycles. The van der Waals surface area contributed by atoms with Gasteiger partial charge >= 0.3 is 0 Å². The molecule has 4 heteroatoms. The molecular weight excluding hydrogens is 230 g/mol. The monoisotopic (exact) mass is 247 g/mol. The lowest BCUT2D eigenvalue weighted by molar-refractivity contribution is 0.185. The first-order valence-corrected chi connectivity index (χ1v) is 6.03. The highest BCUT2D eigenvalue weighted by atomic mass is 16.5. The highest BCUT2D eigenvalue weighted by molar-refractivity contribution is 5.27. The molecule has 0 saturated heterocycles. The Balaban J connectivity index is 1.83. The summed E-state index contributed by atoms with van der Waals surface area (Å²) in [5.41, 5.74) is 1.20. The van der Waals surface area contributed by atoms with Crippen LogP contribution < -0.4 is 4.74 Å². The zero-order valence-corrected chi connectivity index (χ0v) is 10.4. The Hall–Kier alpha value is -1.81. The summed E-state index contributed by atoms with van der Waals surface area (Å²) in [6, 6.07) is 9.65. The van der Waals surface area contributed by atoms with Gasteiger partial charge in [0.05, 0.1) is 12.3 Å². The third-order valence-corrected chi connectivity index (χ3v) is 2.65. The van der Waals surface area contributed by atoms with Gasteiger partial charge in [0.2, 0.25) is 0 Å². The Morgan fingerprint density at radius 1 is 1.28 bits per heavy atom. The largest absolute Gasteiger partial charge is 0.486 e. The van der Waals surface area contributed by atoms with E-state index in [1.165, 1.54) is 5.56 Å². The smallest absolute Gasteiger partial charge is 0.174 e. The molecule has 0 bridgehead atoms. The third-order valence-electron chi connectivity index (χ3n) is 2.65. The number of nitrogens with zero attached hydrogens (tertiary/aromatic N) is 1. The van der Waals surface area contributed by atoms with E-state index in [-0.39, 0.29) is 6.10 Å². The summed E-state index contributed by atoms with van der Waals surface area (Å²) in [6.07, 6.45) is 2.99. The van der Waals surface area contributed by atoms with Crippen molar-refractivity contribution in [2.24, 2.45) is 0 Å².